The second kappa shape index (κ2) is 6.46. The Balaban J connectivity index is 2.15. The molecule has 0 saturated heterocycles. The Labute approximate surface area is 138 Å². The Kier molecular flexibility index (Phi) is 5.07. The van der Waals surface area contributed by atoms with E-state index in [0.29, 0.717) is 17.3 Å². The lowest BCUT2D eigenvalue weighted by atomic mass is 10.2. The molecular formula is C14H9BrCl2F3N. The zero-order chi connectivity index (χ0) is 15.6. The van der Waals surface area contributed by atoms with Crippen LogP contribution in [0.25, 0.3) is 0 Å². The van der Waals surface area contributed by atoms with Gasteiger partial charge in [-0.1, -0.05) is 39.1 Å². The maximum absolute atomic E-state index is 12.5. The van der Waals surface area contributed by atoms with Gasteiger partial charge in [0.1, 0.15) is 0 Å². The Morgan fingerprint density at radius 2 is 1.76 bits per heavy atom. The van der Waals surface area contributed by atoms with Crippen molar-refractivity contribution in [2.75, 3.05) is 5.32 Å². The van der Waals surface area contributed by atoms with Crippen LogP contribution in [0.4, 0.5) is 18.9 Å². The van der Waals surface area contributed by atoms with Gasteiger partial charge in [0.15, 0.2) is 0 Å². The average molecular weight is 399 g/mol. The third-order valence-corrected chi connectivity index (χ3v) is 4.09. The zero-order valence-electron chi connectivity index (χ0n) is 10.4. The van der Waals surface area contributed by atoms with Gasteiger partial charge in [-0.3, -0.25) is 0 Å². The topological polar surface area (TPSA) is 12.0 Å². The lowest BCUT2D eigenvalue weighted by Gasteiger charge is -2.12. The first-order valence-electron chi connectivity index (χ1n) is 5.82. The van der Waals surface area contributed by atoms with Crippen LogP contribution < -0.4 is 5.32 Å². The van der Waals surface area contributed by atoms with Crippen LogP contribution in [0.1, 0.15) is 11.1 Å². The smallest absolute Gasteiger partial charge is 0.380 e. The second-order valence-corrected chi connectivity index (χ2v) is 5.98. The Morgan fingerprint density at radius 3 is 2.38 bits per heavy atom. The van der Waals surface area contributed by atoms with Crippen molar-refractivity contribution in [3.63, 3.8) is 0 Å². The Morgan fingerprint density at radius 1 is 1.05 bits per heavy atom. The number of halogens is 6. The van der Waals surface area contributed by atoms with E-state index in [1.807, 2.05) is 0 Å². The first kappa shape index (κ1) is 16.5. The van der Waals surface area contributed by atoms with E-state index >= 15 is 0 Å². The van der Waals surface area contributed by atoms with Crippen LogP contribution in [0.3, 0.4) is 0 Å². The summed E-state index contributed by atoms with van der Waals surface area (Å²) in [5.41, 5.74) is 0.525. The fourth-order valence-electron chi connectivity index (χ4n) is 1.70. The summed E-state index contributed by atoms with van der Waals surface area (Å²) in [6.07, 6.45) is -4.40. The van der Waals surface area contributed by atoms with Crippen LogP contribution in [-0.4, -0.2) is 0 Å². The molecule has 0 aliphatic carbocycles. The Bertz CT molecular complexity index is 659. The number of rotatable bonds is 3. The molecule has 2 aromatic carbocycles. The molecular weight excluding hydrogens is 390 g/mol. The van der Waals surface area contributed by atoms with Gasteiger partial charge >= 0.3 is 6.18 Å². The lowest BCUT2D eigenvalue weighted by molar-refractivity contribution is -0.137. The van der Waals surface area contributed by atoms with Gasteiger partial charge < -0.3 is 5.32 Å². The summed E-state index contributed by atoms with van der Waals surface area (Å²) < 4.78 is 38.5. The van der Waals surface area contributed by atoms with E-state index in [4.69, 9.17) is 23.2 Å². The minimum atomic E-state index is -4.40. The van der Waals surface area contributed by atoms with Crippen LogP contribution in [0.5, 0.6) is 0 Å². The SMILES string of the molecule is FC(F)(F)c1ccc(NCc2cc(Cl)ccc2Br)c(Cl)c1. The summed E-state index contributed by atoms with van der Waals surface area (Å²) in [6.45, 7) is 0.381. The zero-order valence-corrected chi connectivity index (χ0v) is 13.5. The van der Waals surface area contributed by atoms with E-state index in [0.717, 1.165) is 22.2 Å². The van der Waals surface area contributed by atoms with Gasteiger partial charge in [-0.05, 0) is 42.0 Å². The quantitative estimate of drug-likeness (QED) is 0.631. The largest absolute Gasteiger partial charge is 0.416 e. The molecule has 0 unspecified atom stereocenters. The fourth-order valence-corrected chi connectivity index (χ4v) is 2.53. The van der Waals surface area contributed by atoms with E-state index < -0.39 is 11.7 Å². The van der Waals surface area contributed by atoms with Crippen LogP contribution in [0.15, 0.2) is 40.9 Å². The monoisotopic (exact) mass is 397 g/mol. The second-order valence-electron chi connectivity index (χ2n) is 4.28. The molecule has 2 aromatic rings. The maximum Gasteiger partial charge on any atom is 0.416 e. The highest BCUT2D eigenvalue weighted by Gasteiger charge is 2.30. The molecule has 0 fully saturated rings. The number of nitrogens with one attached hydrogen (secondary N) is 1. The van der Waals surface area contributed by atoms with Crippen molar-refractivity contribution in [2.45, 2.75) is 12.7 Å². The van der Waals surface area contributed by atoms with E-state index in [9.17, 15) is 13.2 Å². The van der Waals surface area contributed by atoms with Crippen molar-refractivity contribution in [1.82, 2.24) is 0 Å². The van der Waals surface area contributed by atoms with Gasteiger partial charge in [0, 0.05) is 16.0 Å². The molecule has 0 amide bonds. The van der Waals surface area contributed by atoms with Gasteiger partial charge in [-0.2, -0.15) is 13.2 Å². The highest BCUT2D eigenvalue weighted by molar-refractivity contribution is 9.10. The third-order valence-electron chi connectivity index (χ3n) is 2.77. The minimum Gasteiger partial charge on any atom is -0.380 e. The summed E-state index contributed by atoms with van der Waals surface area (Å²) in [6, 6.07) is 8.49. The number of hydrogen-bond acceptors (Lipinski definition) is 1. The summed E-state index contributed by atoms with van der Waals surface area (Å²) in [5.74, 6) is 0. The van der Waals surface area contributed by atoms with E-state index in [1.165, 1.54) is 6.07 Å². The molecule has 112 valence electrons. The van der Waals surface area contributed by atoms with Gasteiger partial charge in [0.05, 0.1) is 16.3 Å². The molecule has 21 heavy (non-hydrogen) atoms. The van der Waals surface area contributed by atoms with Crippen molar-refractivity contribution in [1.29, 1.82) is 0 Å². The fraction of sp³-hybridized carbons (Fsp3) is 0.143. The van der Waals surface area contributed by atoms with Gasteiger partial charge in [0.2, 0.25) is 0 Å². The predicted octanol–water partition coefficient (Wildman–Crippen LogP) is 6.39. The summed E-state index contributed by atoms with van der Waals surface area (Å²) >= 11 is 15.2. The van der Waals surface area contributed by atoms with Gasteiger partial charge in [0.25, 0.3) is 0 Å². The number of alkyl halides is 3. The summed E-state index contributed by atoms with van der Waals surface area (Å²) in [4.78, 5) is 0. The molecule has 0 aromatic heterocycles. The number of benzene rings is 2. The molecule has 2 rings (SSSR count). The standard InChI is InChI=1S/C14H9BrCl2F3N/c15-11-3-2-10(16)5-8(11)7-21-13-4-1-9(6-12(13)17)14(18,19)20/h1-6,21H,7H2. The van der Waals surface area contributed by atoms with Crippen LogP contribution in [0.2, 0.25) is 10.0 Å². The van der Waals surface area contributed by atoms with Crippen LogP contribution >= 0.6 is 39.1 Å². The van der Waals surface area contributed by atoms with Crippen LogP contribution in [-0.2, 0) is 12.7 Å². The van der Waals surface area contributed by atoms with Crippen LogP contribution in [0, 0.1) is 0 Å². The molecule has 0 atom stereocenters. The molecule has 0 aliphatic heterocycles. The van der Waals surface area contributed by atoms with Crippen molar-refractivity contribution >= 4 is 44.8 Å². The highest BCUT2D eigenvalue weighted by Crippen LogP contribution is 2.34. The summed E-state index contributed by atoms with van der Waals surface area (Å²) in [7, 11) is 0. The van der Waals surface area contributed by atoms with E-state index in [2.05, 4.69) is 21.2 Å². The molecule has 0 bridgehead atoms. The molecule has 0 radical (unpaired) electrons. The lowest BCUT2D eigenvalue weighted by Crippen LogP contribution is -2.06. The molecule has 0 spiro atoms. The number of hydrogen-bond donors (Lipinski definition) is 1. The van der Waals surface area contributed by atoms with Gasteiger partial charge in [-0.15, -0.1) is 0 Å². The van der Waals surface area contributed by atoms with Crippen molar-refractivity contribution in [3.8, 4) is 0 Å². The maximum atomic E-state index is 12.5. The van der Waals surface area contributed by atoms with Crippen molar-refractivity contribution in [3.05, 3.63) is 62.0 Å². The van der Waals surface area contributed by atoms with Crippen molar-refractivity contribution < 1.29 is 13.2 Å². The molecule has 1 nitrogen and oxygen atoms in total. The first-order valence-corrected chi connectivity index (χ1v) is 7.37. The molecule has 0 aliphatic rings. The molecule has 7 heteroatoms. The Hall–Kier alpha value is -0.910. The molecule has 0 saturated carbocycles. The third kappa shape index (κ3) is 4.28. The molecule has 1 N–H and O–H groups in total. The minimum absolute atomic E-state index is 0.0166. The molecule has 0 heterocycles. The summed E-state index contributed by atoms with van der Waals surface area (Å²) in [5, 5.41) is 3.58. The van der Waals surface area contributed by atoms with E-state index in [-0.39, 0.29) is 5.02 Å². The van der Waals surface area contributed by atoms with Gasteiger partial charge in [-0.25, -0.2) is 0 Å². The van der Waals surface area contributed by atoms with E-state index in [1.54, 1.807) is 18.2 Å². The highest BCUT2D eigenvalue weighted by atomic mass is 79.9. The number of anilines is 1. The predicted molar refractivity (Wildman–Crippen MR) is 82.9 cm³/mol. The average Bonchev–Trinajstić information content (AvgIpc) is 2.40. The van der Waals surface area contributed by atoms with Crippen molar-refractivity contribution in [2.24, 2.45) is 0 Å². The normalized spacial score (nSPS) is 11.5. The first-order chi connectivity index (χ1) is 9.77.